The molecule has 1 aromatic rings. The Balaban J connectivity index is 1.94. The van der Waals surface area contributed by atoms with Crippen molar-refractivity contribution in [2.75, 3.05) is 13.1 Å². The summed E-state index contributed by atoms with van der Waals surface area (Å²) in [7, 11) is 0. The van der Waals surface area contributed by atoms with Crippen LogP contribution in [-0.2, 0) is 6.54 Å². The van der Waals surface area contributed by atoms with Gasteiger partial charge in [-0.2, -0.15) is 5.12 Å². The molecule has 1 aliphatic heterocycles. The Morgan fingerprint density at radius 1 is 1.47 bits per heavy atom. The lowest BCUT2D eigenvalue weighted by atomic mass is 10.2. The molecule has 0 amide bonds. The van der Waals surface area contributed by atoms with Crippen LogP contribution in [0.25, 0.3) is 0 Å². The first-order valence-electron chi connectivity index (χ1n) is 5.18. The van der Waals surface area contributed by atoms with Gasteiger partial charge in [-0.3, -0.25) is 0 Å². The van der Waals surface area contributed by atoms with Crippen molar-refractivity contribution in [2.45, 2.75) is 6.54 Å². The third-order valence-electron chi connectivity index (χ3n) is 2.25. The van der Waals surface area contributed by atoms with Gasteiger partial charge in [-0.15, -0.1) is 4.91 Å². The Morgan fingerprint density at radius 2 is 2.24 bits per heavy atom. The minimum atomic E-state index is 0.349. The maximum atomic E-state index is 10.7. The molecule has 0 spiro atoms. The number of nitrogens with zero attached hydrogens (tertiary/aromatic N) is 3. The first-order chi connectivity index (χ1) is 8.28. The third-order valence-corrected chi connectivity index (χ3v) is 2.51. The molecule has 7 heteroatoms. The number of hydrogen-bond acceptors (Lipinski definition) is 5. The molecule has 6 nitrogen and oxygen atoms in total. The molecule has 2 rings (SSSR count). The molecule has 1 heterocycles. The summed E-state index contributed by atoms with van der Waals surface area (Å²) < 4.78 is 0. The van der Waals surface area contributed by atoms with Gasteiger partial charge in [-0.1, -0.05) is 23.7 Å². The van der Waals surface area contributed by atoms with Gasteiger partial charge in [0, 0.05) is 11.6 Å². The van der Waals surface area contributed by atoms with Crippen molar-refractivity contribution in [1.29, 1.82) is 0 Å². The highest BCUT2D eigenvalue weighted by molar-refractivity contribution is 6.30. The average molecular weight is 254 g/mol. The maximum Gasteiger partial charge on any atom is 0.212 e. The van der Waals surface area contributed by atoms with Crippen LogP contribution in [0.1, 0.15) is 5.56 Å². The Hall–Kier alpha value is -1.82. The summed E-state index contributed by atoms with van der Waals surface area (Å²) in [5.41, 5.74) is 3.72. The molecule has 0 radical (unpaired) electrons. The van der Waals surface area contributed by atoms with Gasteiger partial charge in [0.15, 0.2) is 0 Å². The van der Waals surface area contributed by atoms with E-state index in [2.05, 4.69) is 21.0 Å². The maximum absolute atomic E-state index is 10.7. The summed E-state index contributed by atoms with van der Waals surface area (Å²) >= 11 is 5.78. The summed E-state index contributed by atoms with van der Waals surface area (Å²) in [4.78, 5) is 14.8. The van der Waals surface area contributed by atoms with Crippen LogP contribution in [0.5, 0.6) is 0 Å². The molecule has 0 atom stereocenters. The quantitative estimate of drug-likeness (QED) is 0.627. The molecule has 0 saturated carbocycles. The molecule has 0 aliphatic carbocycles. The van der Waals surface area contributed by atoms with Gasteiger partial charge < -0.3 is 5.32 Å². The van der Waals surface area contributed by atoms with Crippen molar-refractivity contribution in [2.24, 2.45) is 10.3 Å². The lowest BCUT2D eigenvalue weighted by molar-refractivity contribution is 0.231. The zero-order chi connectivity index (χ0) is 12.1. The molecule has 0 fully saturated rings. The zero-order valence-corrected chi connectivity index (χ0v) is 9.81. The summed E-state index contributed by atoms with van der Waals surface area (Å²) in [5.74, 6) is 0.568. The fourth-order valence-corrected chi connectivity index (χ4v) is 1.57. The highest BCUT2D eigenvalue weighted by Crippen LogP contribution is 2.10. The molecular weight excluding hydrogens is 242 g/mol. The van der Waals surface area contributed by atoms with Crippen LogP contribution in [0.3, 0.4) is 0 Å². The minimum Gasteiger partial charge on any atom is -0.353 e. The van der Waals surface area contributed by atoms with E-state index in [1.165, 1.54) is 5.12 Å². The summed E-state index contributed by atoms with van der Waals surface area (Å²) in [6.45, 7) is 1.83. The number of guanidine groups is 1. The molecule has 90 valence electrons. The minimum absolute atomic E-state index is 0.349. The van der Waals surface area contributed by atoms with E-state index >= 15 is 0 Å². The number of hydrogen-bond donors (Lipinski definition) is 2. The van der Waals surface area contributed by atoms with Crippen LogP contribution < -0.4 is 10.7 Å². The first-order valence-corrected chi connectivity index (χ1v) is 5.56. The van der Waals surface area contributed by atoms with E-state index in [0.29, 0.717) is 24.1 Å². The second-order valence-electron chi connectivity index (χ2n) is 3.53. The molecule has 0 unspecified atom stereocenters. The smallest absolute Gasteiger partial charge is 0.212 e. The topological polar surface area (TPSA) is 69.1 Å². The number of hydrazine groups is 1. The first kappa shape index (κ1) is 11.7. The summed E-state index contributed by atoms with van der Waals surface area (Å²) in [5, 5.41) is 7.72. The van der Waals surface area contributed by atoms with Crippen LogP contribution in [0, 0.1) is 4.91 Å². The van der Waals surface area contributed by atoms with Gasteiger partial charge in [-0.05, 0) is 17.7 Å². The summed E-state index contributed by atoms with van der Waals surface area (Å²) in [6.07, 6.45) is 0. The Bertz CT molecular complexity index is 419. The SMILES string of the molecule is O=NN(Cc1ccc(Cl)cc1)NC1=NCCN1. The number of rotatable bonds is 4. The Kier molecular flexibility index (Phi) is 3.77. The third kappa shape index (κ3) is 3.32. The molecular formula is C10H12ClN5O. The molecule has 2 N–H and O–H groups in total. The molecule has 1 aromatic carbocycles. The van der Waals surface area contributed by atoms with Crippen molar-refractivity contribution in [3.63, 3.8) is 0 Å². The Labute approximate surface area is 104 Å². The second kappa shape index (κ2) is 5.49. The van der Waals surface area contributed by atoms with Crippen LogP contribution in [-0.4, -0.2) is 24.2 Å². The van der Waals surface area contributed by atoms with Crippen LogP contribution in [0.4, 0.5) is 0 Å². The predicted molar refractivity (Wildman–Crippen MR) is 66.2 cm³/mol. The fourth-order valence-electron chi connectivity index (χ4n) is 1.45. The zero-order valence-electron chi connectivity index (χ0n) is 9.06. The van der Waals surface area contributed by atoms with E-state index in [1.807, 2.05) is 12.1 Å². The molecule has 0 saturated heterocycles. The largest absolute Gasteiger partial charge is 0.353 e. The van der Waals surface area contributed by atoms with Crippen molar-refractivity contribution in [1.82, 2.24) is 15.9 Å². The number of aliphatic imine (C=N–C) groups is 1. The molecule has 0 aromatic heterocycles. The fraction of sp³-hybridized carbons (Fsp3) is 0.300. The van der Waals surface area contributed by atoms with Gasteiger partial charge in [0.2, 0.25) is 5.96 Å². The van der Waals surface area contributed by atoms with Crippen molar-refractivity contribution in [3.05, 3.63) is 39.8 Å². The van der Waals surface area contributed by atoms with Gasteiger partial charge >= 0.3 is 0 Å². The number of halogens is 1. The van der Waals surface area contributed by atoms with Gasteiger partial charge in [0.25, 0.3) is 0 Å². The number of nitroso groups, excluding NO2 is 1. The highest BCUT2D eigenvalue weighted by atomic mass is 35.5. The normalized spacial score (nSPS) is 13.8. The van der Waals surface area contributed by atoms with E-state index in [4.69, 9.17) is 11.6 Å². The number of benzene rings is 1. The van der Waals surface area contributed by atoms with E-state index in [-0.39, 0.29) is 0 Å². The van der Waals surface area contributed by atoms with Crippen molar-refractivity contribution < 1.29 is 0 Å². The van der Waals surface area contributed by atoms with Gasteiger partial charge in [-0.25, -0.2) is 10.4 Å². The van der Waals surface area contributed by atoms with E-state index in [1.54, 1.807) is 12.1 Å². The predicted octanol–water partition coefficient (Wildman–Crippen LogP) is 1.29. The van der Waals surface area contributed by atoms with Gasteiger partial charge in [0.05, 0.1) is 18.4 Å². The van der Waals surface area contributed by atoms with E-state index in [9.17, 15) is 4.91 Å². The lowest BCUT2D eigenvalue weighted by Crippen LogP contribution is -2.43. The Morgan fingerprint density at radius 3 is 2.82 bits per heavy atom. The molecule has 1 aliphatic rings. The van der Waals surface area contributed by atoms with E-state index in [0.717, 1.165) is 12.1 Å². The van der Waals surface area contributed by atoms with E-state index < -0.39 is 0 Å². The lowest BCUT2D eigenvalue weighted by Gasteiger charge is -2.17. The standard InChI is InChI=1S/C10H12ClN5O/c11-9-3-1-8(2-4-9)7-16(15-17)14-10-12-5-6-13-10/h1-4H,5-7H2,(H2,12,13,14). The van der Waals surface area contributed by atoms with Crippen LogP contribution in [0.15, 0.2) is 34.5 Å². The monoisotopic (exact) mass is 253 g/mol. The average Bonchev–Trinajstić information content (AvgIpc) is 2.84. The van der Waals surface area contributed by atoms with Gasteiger partial charge in [0.1, 0.15) is 0 Å². The molecule has 0 bridgehead atoms. The summed E-state index contributed by atoms with van der Waals surface area (Å²) in [6, 6.07) is 7.22. The molecule has 17 heavy (non-hydrogen) atoms. The number of nitrogens with one attached hydrogen (secondary N) is 2. The van der Waals surface area contributed by atoms with Crippen molar-refractivity contribution in [3.8, 4) is 0 Å². The van der Waals surface area contributed by atoms with Crippen molar-refractivity contribution >= 4 is 17.6 Å². The van der Waals surface area contributed by atoms with Crippen LogP contribution in [0.2, 0.25) is 5.02 Å². The highest BCUT2D eigenvalue weighted by Gasteiger charge is 2.10. The second-order valence-corrected chi connectivity index (χ2v) is 3.97. The van der Waals surface area contributed by atoms with Crippen LogP contribution >= 0.6 is 11.6 Å².